The van der Waals surface area contributed by atoms with E-state index in [4.69, 9.17) is 0 Å². The van der Waals surface area contributed by atoms with Gasteiger partial charge in [-0.3, -0.25) is 4.31 Å². The Labute approximate surface area is 194 Å². The maximum atomic E-state index is 12.9. The van der Waals surface area contributed by atoms with Crippen molar-refractivity contribution < 1.29 is 13.2 Å². The number of nitrogens with zero attached hydrogens (tertiary/aromatic N) is 2. The van der Waals surface area contributed by atoms with Crippen molar-refractivity contribution in [2.45, 2.75) is 18.3 Å². The van der Waals surface area contributed by atoms with Gasteiger partial charge >= 0.3 is 6.03 Å². The standard InChI is InChI=1S/C26H27N3O3S/c1-33(31,32)29-19-26(23-9-5-6-10-24(23)29)15-17-28(18-16-26)25(30)27-22-13-11-21(12-14-22)20-7-3-2-4-8-20/h2-14H,15-19H2,1H3,(H,27,30). The number of carbonyl (C=O) groups is 1. The number of para-hydroxylation sites is 1. The highest BCUT2D eigenvalue weighted by atomic mass is 32.2. The molecule has 3 aromatic rings. The van der Waals surface area contributed by atoms with Gasteiger partial charge in [-0.05, 0) is 47.7 Å². The molecule has 1 saturated heterocycles. The Morgan fingerprint density at radius 1 is 0.848 bits per heavy atom. The van der Waals surface area contributed by atoms with Crippen molar-refractivity contribution >= 4 is 27.4 Å². The van der Waals surface area contributed by atoms with Crippen LogP contribution in [0, 0.1) is 0 Å². The lowest BCUT2D eigenvalue weighted by atomic mass is 9.74. The van der Waals surface area contributed by atoms with Gasteiger partial charge in [-0.1, -0.05) is 60.7 Å². The second-order valence-electron chi connectivity index (χ2n) is 8.93. The van der Waals surface area contributed by atoms with Gasteiger partial charge in [0.1, 0.15) is 0 Å². The predicted octanol–water partition coefficient (Wildman–Crippen LogP) is 4.70. The van der Waals surface area contributed by atoms with E-state index >= 15 is 0 Å². The number of hydrogen-bond donors (Lipinski definition) is 1. The minimum atomic E-state index is -3.35. The van der Waals surface area contributed by atoms with Crippen molar-refractivity contribution in [3.63, 3.8) is 0 Å². The van der Waals surface area contributed by atoms with Crippen LogP contribution in [0.25, 0.3) is 11.1 Å². The van der Waals surface area contributed by atoms with E-state index < -0.39 is 10.0 Å². The third kappa shape index (κ3) is 4.09. The molecule has 2 aliphatic heterocycles. The van der Waals surface area contributed by atoms with Crippen molar-refractivity contribution in [1.82, 2.24) is 4.90 Å². The molecule has 33 heavy (non-hydrogen) atoms. The number of amides is 2. The molecular formula is C26H27N3O3S. The van der Waals surface area contributed by atoms with Gasteiger partial charge in [0.15, 0.2) is 0 Å². The summed E-state index contributed by atoms with van der Waals surface area (Å²) in [7, 11) is -3.35. The third-order valence-electron chi connectivity index (χ3n) is 6.84. The maximum absolute atomic E-state index is 12.9. The van der Waals surface area contributed by atoms with E-state index in [1.165, 1.54) is 10.6 Å². The highest BCUT2D eigenvalue weighted by Gasteiger charge is 2.47. The molecule has 2 heterocycles. The zero-order chi connectivity index (χ0) is 23.1. The highest BCUT2D eigenvalue weighted by molar-refractivity contribution is 7.92. The molecule has 3 aromatic carbocycles. The molecule has 170 valence electrons. The Balaban J connectivity index is 1.26. The molecular weight excluding hydrogens is 434 g/mol. The van der Waals surface area contributed by atoms with Crippen LogP contribution in [-0.2, 0) is 15.4 Å². The molecule has 2 aliphatic rings. The van der Waals surface area contributed by atoms with E-state index in [0.29, 0.717) is 19.6 Å². The highest BCUT2D eigenvalue weighted by Crippen LogP contribution is 2.47. The molecule has 5 rings (SSSR count). The lowest BCUT2D eigenvalue weighted by Crippen LogP contribution is -2.48. The average Bonchev–Trinajstić information content (AvgIpc) is 3.15. The predicted molar refractivity (Wildman–Crippen MR) is 132 cm³/mol. The summed E-state index contributed by atoms with van der Waals surface area (Å²) in [5.74, 6) is 0. The number of hydrogen-bond acceptors (Lipinski definition) is 3. The number of fused-ring (bicyclic) bond motifs is 2. The Hall–Kier alpha value is -3.32. The van der Waals surface area contributed by atoms with Crippen LogP contribution in [-0.4, -0.2) is 45.2 Å². The summed E-state index contributed by atoms with van der Waals surface area (Å²) in [6.07, 6.45) is 2.72. The lowest BCUT2D eigenvalue weighted by Gasteiger charge is -2.39. The third-order valence-corrected chi connectivity index (χ3v) is 7.97. The molecule has 0 atom stereocenters. The molecule has 0 aromatic heterocycles. The van der Waals surface area contributed by atoms with E-state index in [1.54, 1.807) is 0 Å². The summed E-state index contributed by atoms with van der Waals surface area (Å²) in [6.45, 7) is 1.61. The average molecular weight is 462 g/mol. The first kappa shape index (κ1) is 21.5. The molecule has 1 spiro atoms. The first-order chi connectivity index (χ1) is 15.9. The van der Waals surface area contributed by atoms with Crippen molar-refractivity contribution in [3.8, 4) is 11.1 Å². The van der Waals surface area contributed by atoms with Crippen LogP contribution in [0.5, 0.6) is 0 Å². The van der Waals surface area contributed by atoms with E-state index in [1.807, 2.05) is 71.6 Å². The van der Waals surface area contributed by atoms with Crippen LogP contribution in [0.2, 0.25) is 0 Å². The Morgan fingerprint density at radius 3 is 2.12 bits per heavy atom. The maximum Gasteiger partial charge on any atom is 0.321 e. The van der Waals surface area contributed by atoms with E-state index in [9.17, 15) is 13.2 Å². The monoisotopic (exact) mass is 461 g/mol. The fourth-order valence-electron chi connectivity index (χ4n) is 5.03. The molecule has 0 bridgehead atoms. The van der Waals surface area contributed by atoms with Gasteiger partial charge in [0.25, 0.3) is 0 Å². The van der Waals surface area contributed by atoms with E-state index in [-0.39, 0.29) is 11.4 Å². The van der Waals surface area contributed by atoms with Crippen LogP contribution in [0.15, 0.2) is 78.9 Å². The van der Waals surface area contributed by atoms with E-state index in [2.05, 4.69) is 17.4 Å². The van der Waals surface area contributed by atoms with Crippen LogP contribution >= 0.6 is 0 Å². The fourth-order valence-corrected chi connectivity index (χ4v) is 6.02. The molecule has 6 nitrogen and oxygen atoms in total. The summed E-state index contributed by atoms with van der Waals surface area (Å²) in [4.78, 5) is 14.7. The van der Waals surface area contributed by atoms with Crippen LogP contribution < -0.4 is 9.62 Å². The van der Waals surface area contributed by atoms with Crippen LogP contribution in [0.4, 0.5) is 16.2 Å². The minimum absolute atomic E-state index is 0.122. The number of carbonyl (C=O) groups excluding carboxylic acids is 1. The van der Waals surface area contributed by atoms with Gasteiger partial charge in [-0.2, -0.15) is 0 Å². The van der Waals surface area contributed by atoms with Crippen molar-refractivity contribution in [2.24, 2.45) is 0 Å². The molecule has 1 N–H and O–H groups in total. The normalized spacial score (nSPS) is 17.1. The number of rotatable bonds is 3. The Morgan fingerprint density at radius 2 is 1.45 bits per heavy atom. The lowest BCUT2D eigenvalue weighted by molar-refractivity contribution is 0.173. The second kappa shape index (κ2) is 8.23. The topological polar surface area (TPSA) is 69.7 Å². The SMILES string of the molecule is CS(=O)(=O)N1CC2(CCN(C(=O)Nc3ccc(-c4ccccc4)cc3)CC2)c2ccccc21. The molecule has 0 aliphatic carbocycles. The van der Waals surface area contributed by atoms with Gasteiger partial charge in [-0.15, -0.1) is 0 Å². The zero-order valence-electron chi connectivity index (χ0n) is 18.6. The first-order valence-corrected chi connectivity index (χ1v) is 13.0. The summed E-state index contributed by atoms with van der Waals surface area (Å²) < 4.78 is 26.2. The number of benzene rings is 3. The zero-order valence-corrected chi connectivity index (χ0v) is 19.4. The molecule has 1 fully saturated rings. The number of sulfonamides is 1. The first-order valence-electron chi connectivity index (χ1n) is 11.1. The summed E-state index contributed by atoms with van der Waals surface area (Å²) in [5.41, 5.74) is 4.60. The van der Waals surface area contributed by atoms with Crippen LogP contribution in [0.1, 0.15) is 18.4 Å². The second-order valence-corrected chi connectivity index (χ2v) is 10.8. The van der Waals surface area contributed by atoms with Crippen molar-refractivity contribution in [1.29, 1.82) is 0 Å². The van der Waals surface area contributed by atoms with E-state index in [0.717, 1.165) is 40.9 Å². The quantitative estimate of drug-likeness (QED) is 0.615. The van der Waals surface area contributed by atoms with Gasteiger partial charge < -0.3 is 10.2 Å². The number of anilines is 2. The number of nitrogens with one attached hydrogen (secondary N) is 1. The molecule has 0 radical (unpaired) electrons. The summed E-state index contributed by atoms with van der Waals surface area (Å²) in [5, 5.41) is 3.00. The largest absolute Gasteiger partial charge is 0.324 e. The number of piperidine rings is 1. The molecule has 7 heteroatoms. The smallest absolute Gasteiger partial charge is 0.321 e. The number of likely N-dealkylation sites (tertiary alicyclic amines) is 1. The van der Waals surface area contributed by atoms with Crippen molar-refractivity contribution in [3.05, 3.63) is 84.4 Å². The Kier molecular flexibility index (Phi) is 5.37. The van der Waals surface area contributed by atoms with Gasteiger partial charge in [0.05, 0.1) is 11.9 Å². The van der Waals surface area contributed by atoms with Gasteiger partial charge in [0.2, 0.25) is 10.0 Å². The van der Waals surface area contributed by atoms with Gasteiger partial charge in [0, 0.05) is 30.7 Å². The Bertz CT molecular complexity index is 1270. The molecule has 2 amide bonds. The van der Waals surface area contributed by atoms with Gasteiger partial charge in [-0.25, -0.2) is 13.2 Å². The molecule has 0 unspecified atom stereocenters. The fraction of sp³-hybridized carbons (Fsp3) is 0.269. The summed E-state index contributed by atoms with van der Waals surface area (Å²) >= 11 is 0. The number of urea groups is 1. The summed E-state index contributed by atoms with van der Waals surface area (Å²) in [6, 6.07) is 25.6. The van der Waals surface area contributed by atoms with Crippen molar-refractivity contribution in [2.75, 3.05) is 35.5 Å². The van der Waals surface area contributed by atoms with Crippen LogP contribution in [0.3, 0.4) is 0 Å². The minimum Gasteiger partial charge on any atom is -0.324 e. The molecule has 0 saturated carbocycles.